The molecule has 3 N–H and O–H groups in total. The molecule has 0 aliphatic rings. The third kappa shape index (κ3) is 5.99. The van der Waals surface area contributed by atoms with Crippen LogP contribution >= 0.6 is 24.0 Å². The van der Waals surface area contributed by atoms with Crippen LogP contribution in [-0.4, -0.2) is 32.0 Å². The van der Waals surface area contributed by atoms with Crippen LogP contribution in [0.15, 0.2) is 56.5 Å². The number of aliphatic imine (C=N–C) groups is 1. The molecular formula is C21H27IN4O3. The lowest BCUT2D eigenvalue weighted by atomic mass is 10.2. The van der Waals surface area contributed by atoms with E-state index in [1.807, 2.05) is 44.2 Å². The second kappa shape index (κ2) is 10.9. The summed E-state index contributed by atoms with van der Waals surface area (Å²) in [6.07, 6.45) is 2.27. The van der Waals surface area contributed by atoms with Crippen molar-refractivity contribution in [1.29, 1.82) is 0 Å². The number of nitrogens with zero attached hydrogens (tertiary/aromatic N) is 1. The van der Waals surface area contributed by atoms with Gasteiger partial charge in [0.2, 0.25) is 0 Å². The molecule has 3 aromatic rings. The van der Waals surface area contributed by atoms with Gasteiger partial charge in [0.15, 0.2) is 11.7 Å². The van der Waals surface area contributed by atoms with Crippen LogP contribution in [0.5, 0.6) is 0 Å². The molecule has 0 aliphatic heterocycles. The Labute approximate surface area is 187 Å². The van der Waals surface area contributed by atoms with Crippen LogP contribution in [0.25, 0.3) is 11.0 Å². The maximum atomic E-state index is 12.0. The maximum Gasteiger partial charge on any atom is 0.287 e. The monoisotopic (exact) mass is 510 g/mol. The Hall–Kier alpha value is -2.49. The smallest absolute Gasteiger partial charge is 0.287 e. The number of hydrogen-bond donors (Lipinski definition) is 3. The van der Waals surface area contributed by atoms with E-state index < -0.39 is 0 Å². The van der Waals surface area contributed by atoms with Crippen LogP contribution in [0.1, 0.15) is 41.3 Å². The van der Waals surface area contributed by atoms with E-state index in [0.29, 0.717) is 24.8 Å². The Morgan fingerprint density at radius 2 is 1.93 bits per heavy atom. The Bertz CT molecular complexity index is 931. The highest BCUT2D eigenvalue weighted by Crippen LogP contribution is 2.23. The van der Waals surface area contributed by atoms with Crippen molar-refractivity contribution in [1.82, 2.24) is 16.0 Å². The minimum absolute atomic E-state index is 0. The molecule has 1 amide bonds. The fourth-order valence-electron chi connectivity index (χ4n) is 2.87. The molecule has 2 aromatic heterocycles. The summed E-state index contributed by atoms with van der Waals surface area (Å²) in [5.74, 6) is 1.71. The number of rotatable bonds is 7. The number of aryl methyl sites for hydroxylation is 1. The zero-order valence-electron chi connectivity index (χ0n) is 16.8. The van der Waals surface area contributed by atoms with Crippen molar-refractivity contribution >= 4 is 46.8 Å². The number of furan rings is 2. The first-order valence-corrected chi connectivity index (χ1v) is 9.36. The van der Waals surface area contributed by atoms with Gasteiger partial charge in [-0.3, -0.25) is 9.79 Å². The molecule has 7 nitrogen and oxygen atoms in total. The Balaban J connectivity index is 0.00000300. The number of carbonyl (C=O) groups excluding carboxylic acids is 1. The lowest BCUT2D eigenvalue weighted by Gasteiger charge is -2.16. The highest BCUT2D eigenvalue weighted by atomic mass is 127. The normalized spacial score (nSPS) is 12.3. The van der Waals surface area contributed by atoms with E-state index in [2.05, 4.69) is 20.9 Å². The fraction of sp³-hybridized carbons (Fsp3) is 0.333. The lowest BCUT2D eigenvalue weighted by molar-refractivity contribution is 0.0925. The molecule has 0 bridgehead atoms. The van der Waals surface area contributed by atoms with E-state index in [1.165, 1.54) is 6.26 Å². The van der Waals surface area contributed by atoms with Crippen molar-refractivity contribution in [3.63, 3.8) is 0 Å². The fourth-order valence-corrected chi connectivity index (χ4v) is 2.87. The largest absolute Gasteiger partial charge is 0.459 e. The van der Waals surface area contributed by atoms with Crippen molar-refractivity contribution in [2.24, 2.45) is 4.99 Å². The summed E-state index contributed by atoms with van der Waals surface area (Å²) < 4.78 is 11.1. The molecule has 1 aromatic carbocycles. The highest BCUT2D eigenvalue weighted by molar-refractivity contribution is 14.0. The summed E-state index contributed by atoms with van der Waals surface area (Å²) in [5.41, 5.74) is 1.71. The van der Waals surface area contributed by atoms with Gasteiger partial charge in [-0.1, -0.05) is 18.2 Å². The third-order valence-corrected chi connectivity index (χ3v) is 4.45. The standard InChI is InChI=1S/C21H26N4O3.HI/c1-14-9-12-27-19(14)20(26)23-10-6-11-24-21(22-3)25-15(2)18-13-16-7-4-5-8-17(16)28-18;/h4-5,7-9,12-13,15H,6,10-11H2,1-3H3,(H,23,26)(H2,22,24,25);1H. The third-order valence-electron chi connectivity index (χ3n) is 4.45. The van der Waals surface area contributed by atoms with Gasteiger partial charge in [-0.2, -0.15) is 0 Å². The van der Waals surface area contributed by atoms with Gasteiger partial charge in [-0.15, -0.1) is 24.0 Å². The SMILES string of the molecule is CN=C(NCCCNC(=O)c1occc1C)NC(C)c1cc2ccccc2o1.I. The van der Waals surface area contributed by atoms with Gasteiger partial charge >= 0.3 is 0 Å². The van der Waals surface area contributed by atoms with Crippen molar-refractivity contribution < 1.29 is 13.6 Å². The molecule has 1 unspecified atom stereocenters. The van der Waals surface area contributed by atoms with Gasteiger partial charge in [-0.05, 0) is 38.5 Å². The number of para-hydroxylation sites is 1. The predicted molar refractivity (Wildman–Crippen MR) is 125 cm³/mol. The molecule has 0 radical (unpaired) electrons. The average molecular weight is 510 g/mol. The minimum Gasteiger partial charge on any atom is -0.459 e. The van der Waals surface area contributed by atoms with Crippen molar-refractivity contribution in [3.05, 3.63) is 59.7 Å². The molecule has 0 saturated carbocycles. The zero-order chi connectivity index (χ0) is 19.9. The molecule has 0 aliphatic carbocycles. The van der Waals surface area contributed by atoms with Crippen molar-refractivity contribution in [2.75, 3.05) is 20.1 Å². The van der Waals surface area contributed by atoms with Gasteiger partial charge in [-0.25, -0.2) is 0 Å². The van der Waals surface area contributed by atoms with E-state index in [1.54, 1.807) is 13.1 Å². The van der Waals surface area contributed by atoms with Crippen molar-refractivity contribution in [3.8, 4) is 0 Å². The number of nitrogens with one attached hydrogen (secondary N) is 3. The number of fused-ring (bicyclic) bond motifs is 1. The lowest BCUT2D eigenvalue weighted by Crippen LogP contribution is -2.39. The molecule has 1 atom stereocenters. The van der Waals surface area contributed by atoms with Crippen LogP contribution in [0, 0.1) is 6.92 Å². The number of benzene rings is 1. The van der Waals surface area contributed by atoms with E-state index in [-0.39, 0.29) is 35.9 Å². The van der Waals surface area contributed by atoms with Crippen LogP contribution in [0.3, 0.4) is 0 Å². The summed E-state index contributed by atoms with van der Waals surface area (Å²) in [6, 6.07) is 11.7. The van der Waals surface area contributed by atoms with Gasteiger partial charge in [0, 0.05) is 31.1 Å². The molecule has 0 saturated heterocycles. The van der Waals surface area contributed by atoms with E-state index >= 15 is 0 Å². The summed E-state index contributed by atoms with van der Waals surface area (Å²) >= 11 is 0. The van der Waals surface area contributed by atoms with Crippen molar-refractivity contribution in [2.45, 2.75) is 26.3 Å². The van der Waals surface area contributed by atoms with Crippen LogP contribution in [0.4, 0.5) is 0 Å². The highest BCUT2D eigenvalue weighted by Gasteiger charge is 2.13. The van der Waals surface area contributed by atoms with Crippen LogP contribution in [0.2, 0.25) is 0 Å². The first-order valence-electron chi connectivity index (χ1n) is 9.36. The summed E-state index contributed by atoms with van der Waals surface area (Å²) in [4.78, 5) is 16.2. The molecular weight excluding hydrogens is 483 g/mol. The Morgan fingerprint density at radius 1 is 1.17 bits per heavy atom. The molecule has 156 valence electrons. The summed E-state index contributed by atoms with van der Waals surface area (Å²) in [6.45, 7) is 5.08. The quantitative estimate of drug-likeness (QED) is 0.194. The zero-order valence-corrected chi connectivity index (χ0v) is 19.2. The second-order valence-electron chi connectivity index (χ2n) is 6.59. The number of hydrogen-bond acceptors (Lipinski definition) is 4. The first-order chi connectivity index (χ1) is 13.6. The average Bonchev–Trinajstić information content (AvgIpc) is 3.32. The minimum atomic E-state index is -0.191. The molecule has 8 heteroatoms. The van der Waals surface area contributed by atoms with Gasteiger partial charge < -0.3 is 24.8 Å². The Morgan fingerprint density at radius 3 is 2.62 bits per heavy atom. The van der Waals surface area contributed by atoms with Crippen LogP contribution < -0.4 is 16.0 Å². The second-order valence-corrected chi connectivity index (χ2v) is 6.59. The molecule has 2 heterocycles. The van der Waals surface area contributed by atoms with Crippen LogP contribution in [-0.2, 0) is 0 Å². The number of carbonyl (C=O) groups is 1. The van der Waals surface area contributed by atoms with Gasteiger partial charge in [0.25, 0.3) is 5.91 Å². The van der Waals surface area contributed by atoms with Gasteiger partial charge in [0.1, 0.15) is 11.3 Å². The van der Waals surface area contributed by atoms with E-state index in [0.717, 1.165) is 28.7 Å². The molecule has 29 heavy (non-hydrogen) atoms. The van der Waals surface area contributed by atoms with E-state index in [4.69, 9.17) is 8.83 Å². The Kier molecular flexibility index (Phi) is 8.56. The topological polar surface area (TPSA) is 91.8 Å². The first kappa shape index (κ1) is 22.8. The predicted octanol–water partition coefficient (Wildman–Crippen LogP) is 4.00. The molecule has 3 rings (SSSR count). The maximum absolute atomic E-state index is 12.0. The van der Waals surface area contributed by atoms with E-state index in [9.17, 15) is 4.79 Å². The molecule has 0 spiro atoms. The summed E-state index contributed by atoms with van der Waals surface area (Å²) in [7, 11) is 1.72. The summed E-state index contributed by atoms with van der Waals surface area (Å²) in [5, 5.41) is 10.5. The number of amides is 1. The number of guanidine groups is 1. The van der Waals surface area contributed by atoms with Gasteiger partial charge in [0.05, 0.1) is 12.3 Å². The number of halogens is 1. The molecule has 0 fully saturated rings.